The Morgan fingerprint density at radius 2 is 1.83 bits per heavy atom. The Morgan fingerprint density at radius 3 is 2.33 bits per heavy atom. The lowest BCUT2D eigenvalue weighted by atomic mass is 9.75. The van der Waals surface area contributed by atoms with Crippen molar-refractivity contribution in [2.24, 2.45) is 23.5 Å². The van der Waals surface area contributed by atoms with Gasteiger partial charge in [-0.15, -0.1) is 0 Å². The second-order valence-corrected chi connectivity index (χ2v) is 6.53. The van der Waals surface area contributed by atoms with Crippen LogP contribution in [0.25, 0.3) is 0 Å². The maximum atomic E-state index is 6.02. The standard InChI is InChI=1S/C16H32N2/c1-3-13-8-9-15(11-17)16(10-13)18(4-2)12-14-6-5-7-14/h13-16H,3-12,17H2,1-2H3. The highest BCUT2D eigenvalue weighted by Crippen LogP contribution is 2.35. The van der Waals surface area contributed by atoms with E-state index in [-0.39, 0.29) is 0 Å². The van der Waals surface area contributed by atoms with Crippen LogP contribution in [0.3, 0.4) is 0 Å². The van der Waals surface area contributed by atoms with E-state index in [4.69, 9.17) is 5.73 Å². The number of nitrogens with zero attached hydrogens (tertiary/aromatic N) is 1. The van der Waals surface area contributed by atoms with Crippen LogP contribution < -0.4 is 5.73 Å². The van der Waals surface area contributed by atoms with Crippen molar-refractivity contribution in [2.45, 2.75) is 64.8 Å². The topological polar surface area (TPSA) is 29.3 Å². The van der Waals surface area contributed by atoms with Gasteiger partial charge in [0.2, 0.25) is 0 Å². The molecule has 3 atom stereocenters. The Labute approximate surface area is 113 Å². The molecule has 0 spiro atoms. The number of hydrogen-bond donors (Lipinski definition) is 1. The van der Waals surface area contributed by atoms with E-state index in [9.17, 15) is 0 Å². The SMILES string of the molecule is CCC1CCC(CN)C(N(CC)CC2CCC2)C1. The normalized spacial score (nSPS) is 33.7. The fourth-order valence-electron chi connectivity index (χ4n) is 3.89. The lowest BCUT2D eigenvalue weighted by Crippen LogP contribution is -2.49. The van der Waals surface area contributed by atoms with Crippen molar-refractivity contribution >= 4 is 0 Å². The van der Waals surface area contributed by atoms with E-state index >= 15 is 0 Å². The molecule has 0 amide bonds. The van der Waals surface area contributed by atoms with Crippen LogP contribution in [0.4, 0.5) is 0 Å². The third-order valence-corrected chi connectivity index (χ3v) is 5.54. The van der Waals surface area contributed by atoms with Gasteiger partial charge in [-0.1, -0.05) is 33.1 Å². The smallest absolute Gasteiger partial charge is 0.0138 e. The van der Waals surface area contributed by atoms with Crippen LogP contribution in [0, 0.1) is 17.8 Å². The van der Waals surface area contributed by atoms with Gasteiger partial charge < -0.3 is 10.6 Å². The van der Waals surface area contributed by atoms with Gasteiger partial charge in [0, 0.05) is 12.6 Å². The minimum absolute atomic E-state index is 0.757. The third-order valence-electron chi connectivity index (χ3n) is 5.54. The van der Waals surface area contributed by atoms with E-state index in [1.54, 1.807) is 0 Å². The Hall–Kier alpha value is -0.0800. The van der Waals surface area contributed by atoms with Crippen LogP contribution in [0.1, 0.15) is 58.8 Å². The molecule has 2 saturated carbocycles. The quantitative estimate of drug-likeness (QED) is 0.786. The summed E-state index contributed by atoms with van der Waals surface area (Å²) in [7, 11) is 0. The molecule has 3 unspecified atom stereocenters. The summed E-state index contributed by atoms with van der Waals surface area (Å²) in [4.78, 5) is 2.77. The predicted molar refractivity (Wildman–Crippen MR) is 78.6 cm³/mol. The van der Waals surface area contributed by atoms with Crippen LogP contribution in [-0.4, -0.2) is 30.6 Å². The maximum Gasteiger partial charge on any atom is 0.0138 e. The highest BCUT2D eigenvalue weighted by Gasteiger charge is 2.34. The Balaban J connectivity index is 1.94. The van der Waals surface area contributed by atoms with E-state index in [1.807, 2.05) is 0 Å². The van der Waals surface area contributed by atoms with E-state index < -0.39 is 0 Å². The fraction of sp³-hybridized carbons (Fsp3) is 1.00. The van der Waals surface area contributed by atoms with Crippen molar-refractivity contribution < 1.29 is 0 Å². The van der Waals surface area contributed by atoms with E-state index in [1.165, 1.54) is 58.0 Å². The minimum atomic E-state index is 0.757. The average molecular weight is 252 g/mol. The van der Waals surface area contributed by atoms with Gasteiger partial charge in [0.15, 0.2) is 0 Å². The summed E-state index contributed by atoms with van der Waals surface area (Å²) in [5.41, 5.74) is 6.02. The van der Waals surface area contributed by atoms with Gasteiger partial charge in [-0.2, -0.15) is 0 Å². The summed E-state index contributed by atoms with van der Waals surface area (Å²) in [6.45, 7) is 8.14. The molecule has 0 saturated heterocycles. The molecule has 0 heterocycles. The molecule has 0 aromatic rings. The molecule has 2 nitrogen and oxygen atoms in total. The zero-order valence-electron chi connectivity index (χ0n) is 12.4. The van der Waals surface area contributed by atoms with Gasteiger partial charge in [-0.3, -0.25) is 0 Å². The van der Waals surface area contributed by atoms with Crippen molar-refractivity contribution in [2.75, 3.05) is 19.6 Å². The van der Waals surface area contributed by atoms with Crippen LogP contribution in [0.5, 0.6) is 0 Å². The lowest BCUT2D eigenvalue weighted by Gasteiger charge is -2.44. The summed E-state index contributed by atoms with van der Waals surface area (Å²) in [6.07, 6.45) is 9.93. The second kappa shape index (κ2) is 6.91. The molecule has 18 heavy (non-hydrogen) atoms. The molecule has 2 fully saturated rings. The van der Waals surface area contributed by atoms with Crippen molar-refractivity contribution in [3.05, 3.63) is 0 Å². The number of rotatable bonds is 6. The highest BCUT2D eigenvalue weighted by atomic mass is 15.2. The monoisotopic (exact) mass is 252 g/mol. The summed E-state index contributed by atoms with van der Waals surface area (Å²) in [6, 6.07) is 0.777. The van der Waals surface area contributed by atoms with Gasteiger partial charge >= 0.3 is 0 Å². The fourth-order valence-corrected chi connectivity index (χ4v) is 3.89. The Kier molecular flexibility index (Phi) is 5.50. The second-order valence-electron chi connectivity index (χ2n) is 6.53. The first-order chi connectivity index (χ1) is 8.78. The first-order valence-corrected chi connectivity index (χ1v) is 8.22. The summed E-state index contributed by atoms with van der Waals surface area (Å²) < 4.78 is 0. The molecule has 106 valence electrons. The minimum Gasteiger partial charge on any atom is -0.330 e. The van der Waals surface area contributed by atoms with Gasteiger partial charge in [0.05, 0.1) is 0 Å². The molecule has 2 N–H and O–H groups in total. The number of nitrogens with two attached hydrogens (primary N) is 1. The Morgan fingerprint density at radius 1 is 1.06 bits per heavy atom. The van der Waals surface area contributed by atoms with Gasteiger partial charge in [-0.25, -0.2) is 0 Å². The molecule has 0 bridgehead atoms. The average Bonchev–Trinajstić information content (AvgIpc) is 2.37. The third kappa shape index (κ3) is 3.27. The molecule has 2 aliphatic rings. The summed E-state index contributed by atoms with van der Waals surface area (Å²) in [5, 5.41) is 0. The maximum absolute atomic E-state index is 6.02. The lowest BCUT2D eigenvalue weighted by molar-refractivity contribution is 0.0585. The van der Waals surface area contributed by atoms with E-state index in [0.29, 0.717) is 0 Å². The molecule has 2 aliphatic carbocycles. The van der Waals surface area contributed by atoms with Crippen molar-refractivity contribution in [1.82, 2.24) is 4.90 Å². The predicted octanol–water partition coefficient (Wildman–Crippen LogP) is 3.26. The zero-order chi connectivity index (χ0) is 13.0. The van der Waals surface area contributed by atoms with Crippen LogP contribution in [0.2, 0.25) is 0 Å². The van der Waals surface area contributed by atoms with E-state index in [0.717, 1.165) is 30.3 Å². The van der Waals surface area contributed by atoms with Crippen LogP contribution in [-0.2, 0) is 0 Å². The molecule has 0 aromatic heterocycles. The Bertz CT molecular complexity index is 237. The van der Waals surface area contributed by atoms with Gasteiger partial charge in [-0.05, 0) is 56.5 Å². The number of hydrogen-bond acceptors (Lipinski definition) is 2. The van der Waals surface area contributed by atoms with Crippen LogP contribution in [0.15, 0.2) is 0 Å². The molecular weight excluding hydrogens is 220 g/mol. The molecule has 2 heteroatoms. The first-order valence-electron chi connectivity index (χ1n) is 8.22. The van der Waals surface area contributed by atoms with E-state index in [2.05, 4.69) is 18.7 Å². The summed E-state index contributed by atoms with van der Waals surface area (Å²) >= 11 is 0. The van der Waals surface area contributed by atoms with Crippen molar-refractivity contribution in [3.8, 4) is 0 Å². The molecule has 0 aliphatic heterocycles. The van der Waals surface area contributed by atoms with Crippen molar-refractivity contribution in [1.29, 1.82) is 0 Å². The molecule has 0 radical (unpaired) electrons. The van der Waals surface area contributed by atoms with Gasteiger partial charge in [0.25, 0.3) is 0 Å². The molecular formula is C16H32N2. The summed E-state index contributed by atoms with van der Waals surface area (Å²) in [5.74, 6) is 2.70. The highest BCUT2D eigenvalue weighted by molar-refractivity contribution is 4.88. The molecule has 2 rings (SSSR count). The zero-order valence-corrected chi connectivity index (χ0v) is 12.4. The first kappa shape index (κ1) is 14.3. The van der Waals surface area contributed by atoms with Gasteiger partial charge in [0.1, 0.15) is 0 Å². The molecule has 0 aromatic carbocycles. The van der Waals surface area contributed by atoms with Crippen LogP contribution >= 0.6 is 0 Å². The largest absolute Gasteiger partial charge is 0.330 e. The van der Waals surface area contributed by atoms with Crippen molar-refractivity contribution in [3.63, 3.8) is 0 Å².